The van der Waals surface area contributed by atoms with Gasteiger partial charge in [-0.15, -0.1) is 0 Å². The molecule has 0 aliphatic carbocycles. The first kappa shape index (κ1) is 13.7. The van der Waals surface area contributed by atoms with Crippen LogP contribution in [-0.4, -0.2) is 0 Å². The smallest absolute Gasteiger partial charge is 0.125 e. The summed E-state index contributed by atoms with van der Waals surface area (Å²) in [6.45, 7) is 9.15. The summed E-state index contributed by atoms with van der Waals surface area (Å²) in [7, 11) is 0. The van der Waals surface area contributed by atoms with Crippen LogP contribution in [-0.2, 0) is 13.0 Å². The van der Waals surface area contributed by atoms with E-state index >= 15 is 0 Å². The highest BCUT2D eigenvalue weighted by atomic mass is 16.5. The van der Waals surface area contributed by atoms with Crippen molar-refractivity contribution in [2.75, 3.05) is 0 Å². The van der Waals surface area contributed by atoms with Crippen molar-refractivity contribution in [3.05, 3.63) is 64.2 Å². The first-order valence-corrected chi connectivity index (χ1v) is 6.88. The van der Waals surface area contributed by atoms with Crippen LogP contribution in [0.3, 0.4) is 0 Å². The monoisotopic (exact) mass is 254 g/mol. The molecule has 0 fully saturated rings. The third-order valence-corrected chi connectivity index (χ3v) is 3.40. The van der Waals surface area contributed by atoms with E-state index in [0.29, 0.717) is 6.61 Å². The van der Waals surface area contributed by atoms with Gasteiger partial charge in [0.25, 0.3) is 0 Å². The fourth-order valence-corrected chi connectivity index (χ4v) is 2.42. The molecular weight excluding hydrogens is 232 g/mol. The topological polar surface area (TPSA) is 9.23 Å². The zero-order chi connectivity index (χ0) is 13.8. The largest absolute Gasteiger partial charge is 0.488 e. The minimum absolute atomic E-state index is 0.639. The summed E-state index contributed by atoms with van der Waals surface area (Å²) in [6, 6.07) is 12.9. The van der Waals surface area contributed by atoms with Crippen molar-refractivity contribution in [1.82, 2.24) is 0 Å². The van der Waals surface area contributed by atoms with Gasteiger partial charge in [0.05, 0.1) is 0 Å². The second kappa shape index (κ2) is 5.92. The first-order valence-electron chi connectivity index (χ1n) is 6.88. The lowest BCUT2D eigenvalue weighted by Gasteiger charge is -2.13. The van der Waals surface area contributed by atoms with Gasteiger partial charge in [0.15, 0.2) is 0 Å². The molecule has 2 rings (SSSR count). The average molecular weight is 254 g/mol. The van der Waals surface area contributed by atoms with Gasteiger partial charge in [-0.2, -0.15) is 0 Å². The maximum atomic E-state index is 6.01. The molecule has 0 N–H and O–H groups in total. The number of hydrogen-bond acceptors (Lipinski definition) is 1. The molecule has 19 heavy (non-hydrogen) atoms. The van der Waals surface area contributed by atoms with Crippen LogP contribution in [0.4, 0.5) is 0 Å². The van der Waals surface area contributed by atoms with Crippen LogP contribution in [0.1, 0.15) is 34.7 Å². The summed E-state index contributed by atoms with van der Waals surface area (Å²) in [6.07, 6.45) is 1.07. The van der Waals surface area contributed by atoms with Gasteiger partial charge in [-0.1, -0.05) is 48.9 Å². The first-order chi connectivity index (χ1) is 9.10. The molecule has 1 nitrogen and oxygen atoms in total. The molecule has 0 aliphatic heterocycles. The van der Waals surface area contributed by atoms with E-state index in [1.165, 1.54) is 27.8 Å². The van der Waals surface area contributed by atoms with Crippen molar-refractivity contribution in [2.24, 2.45) is 0 Å². The van der Waals surface area contributed by atoms with Gasteiger partial charge in [0.1, 0.15) is 12.4 Å². The Morgan fingerprint density at radius 3 is 2.16 bits per heavy atom. The van der Waals surface area contributed by atoms with Crippen LogP contribution in [0.2, 0.25) is 0 Å². The molecule has 0 unspecified atom stereocenters. The predicted octanol–water partition coefficient (Wildman–Crippen LogP) is 4.75. The molecule has 100 valence electrons. The Morgan fingerprint density at radius 2 is 1.53 bits per heavy atom. The molecule has 0 spiro atoms. The number of hydrogen-bond donors (Lipinski definition) is 0. The van der Waals surface area contributed by atoms with Crippen molar-refractivity contribution in [1.29, 1.82) is 0 Å². The molecule has 0 saturated heterocycles. The van der Waals surface area contributed by atoms with Crippen molar-refractivity contribution < 1.29 is 4.74 Å². The molecule has 0 aliphatic rings. The third-order valence-electron chi connectivity index (χ3n) is 3.40. The van der Waals surface area contributed by atoms with Crippen molar-refractivity contribution >= 4 is 0 Å². The van der Waals surface area contributed by atoms with Crippen LogP contribution < -0.4 is 4.74 Å². The molecule has 0 bridgehead atoms. The molecule has 0 heterocycles. The highest BCUT2D eigenvalue weighted by Gasteiger charge is 2.04. The summed E-state index contributed by atoms with van der Waals surface area (Å²) < 4.78 is 6.01. The minimum Gasteiger partial charge on any atom is -0.488 e. The van der Waals surface area contributed by atoms with E-state index in [1.807, 2.05) is 0 Å². The summed E-state index contributed by atoms with van der Waals surface area (Å²) in [5.41, 5.74) is 6.32. The van der Waals surface area contributed by atoms with Crippen molar-refractivity contribution in [3.63, 3.8) is 0 Å². The molecule has 0 atom stereocenters. The summed E-state index contributed by atoms with van der Waals surface area (Å²) in [5.74, 6) is 1.02. The van der Waals surface area contributed by atoms with Gasteiger partial charge in [-0.25, -0.2) is 0 Å². The van der Waals surface area contributed by atoms with E-state index in [0.717, 1.165) is 12.2 Å². The lowest BCUT2D eigenvalue weighted by atomic mass is 10.1. The predicted molar refractivity (Wildman–Crippen MR) is 80.8 cm³/mol. The van der Waals surface area contributed by atoms with E-state index in [1.54, 1.807) is 0 Å². The Balaban J connectivity index is 2.16. The van der Waals surface area contributed by atoms with Crippen molar-refractivity contribution in [3.8, 4) is 5.75 Å². The zero-order valence-corrected chi connectivity index (χ0v) is 12.3. The van der Waals surface area contributed by atoms with Crippen LogP contribution in [0.15, 0.2) is 36.4 Å². The Bertz CT molecular complexity index is 550. The Morgan fingerprint density at radius 1 is 0.895 bits per heavy atom. The zero-order valence-electron chi connectivity index (χ0n) is 12.3. The van der Waals surface area contributed by atoms with Gasteiger partial charge >= 0.3 is 0 Å². The van der Waals surface area contributed by atoms with E-state index in [9.17, 15) is 0 Å². The molecule has 2 aromatic rings. The minimum atomic E-state index is 0.639. The maximum absolute atomic E-state index is 6.01. The lowest BCUT2D eigenvalue weighted by Crippen LogP contribution is -2.00. The number of aryl methyl sites for hydroxylation is 4. The average Bonchev–Trinajstić information content (AvgIpc) is 2.37. The van der Waals surface area contributed by atoms with Crippen LogP contribution in [0.5, 0.6) is 5.75 Å². The van der Waals surface area contributed by atoms with E-state index in [-0.39, 0.29) is 0 Å². The highest BCUT2D eigenvalue weighted by molar-refractivity contribution is 5.40. The van der Waals surface area contributed by atoms with E-state index in [2.05, 4.69) is 64.1 Å². The second-order valence-electron chi connectivity index (χ2n) is 5.19. The number of para-hydroxylation sites is 1. The SMILES string of the molecule is CCc1cc(C)cc(COc2c(C)cccc2C)c1. The van der Waals surface area contributed by atoms with E-state index in [4.69, 9.17) is 4.74 Å². The fourth-order valence-electron chi connectivity index (χ4n) is 2.42. The number of benzene rings is 2. The maximum Gasteiger partial charge on any atom is 0.125 e. The Kier molecular flexibility index (Phi) is 4.26. The molecule has 0 radical (unpaired) electrons. The van der Waals surface area contributed by atoms with Gasteiger partial charge in [0, 0.05) is 0 Å². The molecule has 1 heteroatoms. The quantitative estimate of drug-likeness (QED) is 0.764. The van der Waals surface area contributed by atoms with Crippen LogP contribution in [0, 0.1) is 20.8 Å². The Labute approximate surface area is 116 Å². The number of rotatable bonds is 4. The van der Waals surface area contributed by atoms with Gasteiger partial charge in [-0.05, 0) is 49.4 Å². The molecular formula is C18H22O. The third kappa shape index (κ3) is 3.37. The van der Waals surface area contributed by atoms with Gasteiger partial charge in [0.2, 0.25) is 0 Å². The van der Waals surface area contributed by atoms with E-state index < -0.39 is 0 Å². The van der Waals surface area contributed by atoms with Crippen LogP contribution >= 0.6 is 0 Å². The number of ether oxygens (including phenoxy) is 1. The summed E-state index contributed by atoms with van der Waals surface area (Å²) in [4.78, 5) is 0. The standard InChI is InChI=1S/C18H22O/c1-5-16-9-13(2)10-17(11-16)12-19-18-14(3)7-6-8-15(18)4/h6-11H,5,12H2,1-4H3. The van der Waals surface area contributed by atoms with Crippen molar-refractivity contribution in [2.45, 2.75) is 40.7 Å². The second-order valence-corrected chi connectivity index (χ2v) is 5.19. The summed E-state index contributed by atoms with van der Waals surface area (Å²) in [5, 5.41) is 0. The van der Waals surface area contributed by atoms with Gasteiger partial charge in [-0.3, -0.25) is 0 Å². The summed E-state index contributed by atoms with van der Waals surface area (Å²) >= 11 is 0. The normalized spacial score (nSPS) is 10.5. The molecule has 0 saturated carbocycles. The fraction of sp³-hybridized carbons (Fsp3) is 0.333. The molecule has 0 amide bonds. The van der Waals surface area contributed by atoms with Crippen LogP contribution in [0.25, 0.3) is 0 Å². The van der Waals surface area contributed by atoms with Gasteiger partial charge < -0.3 is 4.74 Å². The Hall–Kier alpha value is -1.76. The highest BCUT2D eigenvalue weighted by Crippen LogP contribution is 2.23. The lowest BCUT2D eigenvalue weighted by molar-refractivity contribution is 0.302. The molecule has 0 aromatic heterocycles. The molecule has 2 aromatic carbocycles.